The van der Waals surface area contributed by atoms with Crippen molar-refractivity contribution in [3.63, 3.8) is 0 Å². The SMILES string of the molecule is CC(=O)N1CCc2cccc(NC(=O)Cc3ccc(Br)cc3)c21. The maximum Gasteiger partial charge on any atom is 0.228 e. The van der Waals surface area contributed by atoms with Crippen molar-refractivity contribution in [3.8, 4) is 0 Å². The number of hydrogen-bond acceptors (Lipinski definition) is 2. The second kappa shape index (κ2) is 6.54. The number of benzene rings is 2. The van der Waals surface area contributed by atoms with Crippen LogP contribution in [0.15, 0.2) is 46.9 Å². The Hall–Kier alpha value is -2.14. The molecule has 1 aliphatic rings. The average Bonchev–Trinajstić information content (AvgIpc) is 2.95. The molecule has 0 aromatic heterocycles. The standard InChI is InChI=1S/C18H17BrN2O2/c1-12(22)21-10-9-14-3-2-4-16(18(14)21)20-17(23)11-13-5-7-15(19)8-6-13/h2-8H,9-11H2,1H3,(H,20,23). The molecule has 0 fully saturated rings. The van der Waals surface area contributed by atoms with Crippen LogP contribution in [0.5, 0.6) is 0 Å². The van der Waals surface area contributed by atoms with Gasteiger partial charge in [0, 0.05) is 17.9 Å². The fraction of sp³-hybridized carbons (Fsp3) is 0.222. The van der Waals surface area contributed by atoms with E-state index in [4.69, 9.17) is 0 Å². The number of carbonyl (C=O) groups is 2. The van der Waals surface area contributed by atoms with Crippen molar-refractivity contribution in [1.29, 1.82) is 0 Å². The van der Waals surface area contributed by atoms with Gasteiger partial charge in [0.05, 0.1) is 17.8 Å². The molecule has 0 atom stereocenters. The molecule has 0 radical (unpaired) electrons. The second-order valence-corrected chi connectivity index (χ2v) is 6.50. The van der Waals surface area contributed by atoms with Crippen molar-refractivity contribution in [3.05, 3.63) is 58.1 Å². The van der Waals surface area contributed by atoms with Gasteiger partial charge in [-0.25, -0.2) is 0 Å². The van der Waals surface area contributed by atoms with E-state index < -0.39 is 0 Å². The summed E-state index contributed by atoms with van der Waals surface area (Å²) in [5.74, 6) is -0.0884. The smallest absolute Gasteiger partial charge is 0.228 e. The molecular weight excluding hydrogens is 356 g/mol. The molecule has 23 heavy (non-hydrogen) atoms. The van der Waals surface area contributed by atoms with Crippen LogP contribution in [0.1, 0.15) is 18.1 Å². The number of para-hydroxylation sites is 1. The molecule has 1 aliphatic heterocycles. The van der Waals surface area contributed by atoms with E-state index >= 15 is 0 Å². The van der Waals surface area contributed by atoms with Gasteiger partial charge in [0.25, 0.3) is 0 Å². The van der Waals surface area contributed by atoms with Crippen molar-refractivity contribution in [2.45, 2.75) is 19.8 Å². The molecule has 2 aromatic carbocycles. The summed E-state index contributed by atoms with van der Waals surface area (Å²) in [5, 5.41) is 2.95. The fourth-order valence-electron chi connectivity index (χ4n) is 2.85. The summed E-state index contributed by atoms with van der Waals surface area (Å²) in [5.41, 5.74) is 3.59. The third-order valence-electron chi connectivity index (χ3n) is 3.93. The fourth-order valence-corrected chi connectivity index (χ4v) is 3.12. The van der Waals surface area contributed by atoms with Gasteiger partial charge in [0.1, 0.15) is 0 Å². The van der Waals surface area contributed by atoms with Gasteiger partial charge in [-0.3, -0.25) is 9.59 Å². The molecular formula is C18H17BrN2O2. The lowest BCUT2D eigenvalue weighted by Gasteiger charge is -2.19. The van der Waals surface area contributed by atoms with E-state index in [1.54, 1.807) is 11.8 Å². The second-order valence-electron chi connectivity index (χ2n) is 5.59. The summed E-state index contributed by atoms with van der Waals surface area (Å²) in [6, 6.07) is 13.4. The van der Waals surface area contributed by atoms with Crippen LogP contribution in [0.3, 0.4) is 0 Å². The Labute approximate surface area is 143 Å². The molecule has 5 heteroatoms. The van der Waals surface area contributed by atoms with E-state index in [1.165, 1.54) is 0 Å². The molecule has 0 saturated carbocycles. The van der Waals surface area contributed by atoms with Gasteiger partial charge in [-0.1, -0.05) is 40.2 Å². The number of carbonyl (C=O) groups excluding carboxylic acids is 2. The molecule has 0 spiro atoms. The van der Waals surface area contributed by atoms with Crippen LogP contribution < -0.4 is 10.2 Å². The highest BCUT2D eigenvalue weighted by Crippen LogP contribution is 2.35. The van der Waals surface area contributed by atoms with E-state index in [0.717, 1.165) is 27.7 Å². The molecule has 1 N–H and O–H groups in total. The van der Waals surface area contributed by atoms with Gasteiger partial charge in [0.2, 0.25) is 11.8 Å². The first kappa shape index (κ1) is 15.7. The van der Waals surface area contributed by atoms with Crippen LogP contribution in [-0.4, -0.2) is 18.4 Å². The molecule has 0 saturated heterocycles. The zero-order valence-corrected chi connectivity index (χ0v) is 14.4. The number of hydrogen-bond donors (Lipinski definition) is 1. The third kappa shape index (κ3) is 3.45. The topological polar surface area (TPSA) is 49.4 Å². The van der Waals surface area contributed by atoms with Gasteiger partial charge < -0.3 is 10.2 Å². The molecule has 1 heterocycles. The Bertz CT molecular complexity index is 756. The summed E-state index contributed by atoms with van der Waals surface area (Å²) in [4.78, 5) is 25.8. The number of halogens is 1. The molecule has 0 unspecified atom stereocenters. The number of anilines is 2. The predicted molar refractivity (Wildman–Crippen MR) is 94.6 cm³/mol. The minimum absolute atomic E-state index is 0.00152. The number of nitrogens with zero attached hydrogens (tertiary/aromatic N) is 1. The van der Waals surface area contributed by atoms with Crippen molar-refractivity contribution >= 4 is 39.1 Å². The highest BCUT2D eigenvalue weighted by Gasteiger charge is 2.25. The first-order valence-electron chi connectivity index (χ1n) is 7.49. The highest BCUT2D eigenvalue weighted by atomic mass is 79.9. The summed E-state index contributed by atoms with van der Waals surface area (Å²) in [6.45, 7) is 2.22. The van der Waals surface area contributed by atoms with E-state index in [-0.39, 0.29) is 11.8 Å². The van der Waals surface area contributed by atoms with Crippen LogP contribution in [0.2, 0.25) is 0 Å². The van der Waals surface area contributed by atoms with Crippen LogP contribution in [0.4, 0.5) is 11.4 Å². The number of nitrogens with one attached hydrogen (secondary N) is 1. The molecule has 0 bridgehead atoms. The molecule has 0 aliphatic carbocycles. The minimum Gasteiger partial charge on any atom is -0.324 e. The summed E-state index contributed by atoms with van der Waals surface area (Å²) in [7, 11) is 0. The van der Waals surface area contributed by atoms with Crippen LogP contribution >= 0.6 is 15.9 Å². The first-order valence-corrected chi connectivity index (χ1v) is 8.28. The molecule has 118 valence electrons. The van der Waals surface area contributed by atoms with Gasteiger partial charge in [-0.05, 0) is 35.7 Å². The summed E-state index contributed by atoms with van der Waals surface area (Å²) < 4.78 is 0.986. The largest absolute Gasteiger partial charge is 0.324 e. The lowest BCUT2D eigenvalue weighted by Crippen LogP contribution is -2.27. The lowest BCUT2D eigenvalue weighted by atomic mass is 10.1. The zero-order chi connectivity index (χ0) is 16.4. The number of amides is 2. The maximum atomic E-state index is 12.3. The minimum atomic E-state index is -0.0869. The maximum absolute atomic E-state index is 12.3. The Morgan fingerprint density at radius 2 is 1.91 bits per heavy atom. The number of fused-ring (bicyclic) bond motifs is 1. The molecule has 4 nitrogen and oxygen atoms in total. The quantitative estimate of drug-likeness (QED) is 0.895. The van der Waals surface area contributed by atoms with Crippen molar-refractivity contribution < 1.29 is 9.59 Å². The van der Waals surface area contributed by atoms with E-state index in [2.05, 4.69) is 21.2 Å². The third-order valence-corrected chi connectivity index (χ3v) is 4.46. The van der Waals surface area contributed by atoms with Crippen molar-refractivity contribution in [2.75, 3.05) is 16.8 Å². The van der Waals surface area contributed by atoms with Gasteiger partial charge in [0.15, 0.2) is 0 Å². The lowest BCUT2D eigenvalue weighted by molar-refractivity contribution is -0.117. The monoisotopic (exact) mass is 372 g/mol. The summed E-state index contributed by atoms with van der Waals surface area (Å²) in [6.07, 6.45) is 1.13. The number of rotatable bonds is 3. The predicted octanol–water partition coefficient (Wildman–Crippen LogP) is 3.54. The van der Waals surface area contributed by atoms with Crippen LogP contribution in [-0.2, 0) is 22.4 Å². The first-order chi connectivity index (χ1) is 11.0. The van der Waals surface area contributed by atoms with E-state index in [9.17, 15) is 9.59 Å². The summed E-state index contributed by atoms with van der Waals surface area (Å²) >= 11 is 3.38. The van der Waals surface area contributed by atoms with Crippen LogP contribution in [0.25, 0.3) is 0 Å². The van der Waals surface area contributed by atoms with Gasteiger partial charge in [-0.2, -0.15) is 0 Å². The zero-order valence-electron chi connectivity index (χ0n) is 12.8. The molecule has 3 rings (SSSR count). The Kier molecular flexibility index (Phi) is 4.48. The van der Waals surface area contributed by atoms with Crippen molar-refractivity contribution in [2.24, 2.45) is 0 Å². The Morgan fingerprint density at radius 1 is 1.17 bits per heavy atom. The molecule has 2 aromatic rings. The normalized spacial score (nSPS) is 12.9. The van der Waals surface area contributed by atoms with Gasteiger partial charge in [-0.15, -0.1) is 0 Å². The highest BCUT2D eigenvalue weighted by molar-refractivity contribution is 9.10. The average molecular weight is 373 g/mol. The van der Waals surface area contributed by atoms with Gasteiger partial charge >= 0.3 is 0 Å². The van der Waals surface area contributed by atoms with E-state index in [0.29, 0.717) is 18.7 Å². The van der Waals surface area contributed by atoms with E-state index in [1.807, 2.05) is 42.5 Å². The molecule has 2 amide bonds. The van der Waals surface area contributed by atoms with Crippen LogP contribution in [0, 0.1) is 0 Å². The Morgan fingerprint density at radius 3 is 2.61 bits per heavy atom. The Balaban J connectivity index is 1.78. The van der Waals surface area contributed by atoms with Crippen molar-refractivity contribution in [1.82, 2.24) is 0 Å².